The molecule has 2 aromatic carbocycles. The van der Waals surface area contributed by atoms with Gasteiger partial charge in [-0.05, 0) is 49.4 Å². The van der Waals surface area contributed by atoms with E-state index in [1.165, 1.54) is 6.07 Å². The maximum absolute atomic E-state index is 12.9. The lowest BCUT2D eigenvalue weighted by molar-refractivity contribution is -0.137. The Kier molecular flexibility index (Phi) is 4.29. The summed E-state index contributed by atoms with van der Waals surface area (Å²) in [6.07, 6.45) is -4.38. The van der Waals surface area contributed by atoms with Crippen molar-refractivity contribution < 1.29 is 13.2 Å². The van der Waals surface area contributed by atoms with Crippen molar-refractivity contribution in [3.05, 3.63) is 59.8 Å². The molecule has 130 valence electrons. The number of fused-ring (bicyclic) bond motifs is 1. The molecule has 0 bridgehead atoms. The fourth-order valence-electron chi connectivity index (χ4n) is 2.64. The van der Waals surface area contributed by atoms with E-state index in [1.54, 1.807) is 6.92 Å². The minimum absolute atomic E-state index is 0.322. The van der Waals surface area contributed by atoms with Crippen molar-refractivity contribution in [1.82, 2.24) is 4.98 Å². The second kappa shape index (κ2) is 6.27. The van der Waals surface area contributed by atoms with Gasteiger partial charge in [0, 0.05) is 42.2 Å². The molecular formula is C19H18F3N3. The molecule has 0 fully saturated rings. The molecule has 0 aliphatic rings. The number of halogens is 3. The third-order valence-electron chi connectivity index (χ3n) is 3.93. The minimum atomic E-state index is -4.38. The van der Waals surface area contributed by atoms with Gasteiger partial charge >= 0.3 is 6.18 Å². The van der Waals surface area contributed by atoms with Crippen molar-refractivity contribution >= 4 is 28.0 Å². The van der Waals surface area contributed by atoms with E-state index in [1.807, 2.05) is 49.3 Å². The van der Waals surface area contributed by atoms with Crippen LogP contribution in [0.5, 0.6) is 0 Å². The Morgan fingerprint density at radius 3 is 2.24 bits per heavy atom. The molecule has 0 unspecified atom stereocenters. The van der Waals surface area contributed by atoms with Crippen molar-refractivity contribution in [3.8, 4) is 0 Å². The lowest BCUT2D eigenvalue weighted by Crippen LogP contribution is -2.08. The van der Waals surface area contributed by atoms with Crippen LogP contribution < -0.4 is 10.2 Å². The highest BCUT2D eigenvalue weighted by Gasteiger charge is 2.30. The third-order valence-corrected chi connectivity index (χ3v) is 3.93. The van der Waals surface area contributed by atoms with Crippen molar-refractivity contribution in [2.45, 2.75) is 13.1 Å². The van der Waals surface area contributed by atoms with Gasteiger partial charge in [-0.3, -0.25) is 4.98 Å². The smallest absolute Gasteiger partial charge is 0.378 e. The number of nitrogens with one attached hydrogen (secondary N) is 1. The normalized spacial score (nSPS) is 11.6. The van der Waals surface area contributed by atoms with Gasteiger partial charge in [-0.25, -0.2) is 0 Å². The summed E-state index contributed by atoms with van der Waals surface area (Å²) >= 11 is 0. The molecule has 0 amide bonds. The van der Waals surface area contributed by atoms with Crippen molar-refractivity contribution in [2.75, 3.05) is 24.3 Å². The number of anilines is 3. The maximum Gasteiger partial charge on any atom is 0.416 e. The van der Waals surface area contributed by atoms with E-state index in [0.29, 0.717) is 16.6 Å². The second-order valence-corrected chi connectivity index (χ2v) is 6.11. The number of alkyl halides is 3. The van der Waals surface area contributed by atoms with Gasteiger partial charge in [-0.2, -0.15) is 13.2 Å². The van der Waals surface area contributed by atoms with Crippen LogP contribution in [0.25, 0.3) is 10.9 Å². The summed E-state index contributed by atoms with van der Waals surface area (Å²) in [6.45, 7) is 1.76. The average molecular weight is 345 g/mol. The molecule has 0 saturated carbocycles. The van der Waals surface area contributed by atoms with E-state index < -0.39 is 11.7 Å². The van der Waals surface area contributed by atoms with Crippen molar-refractivity contribution in [1.29, 1.82) is 0 Å². The van der Waals surface area contributed by atoms with E-state index in [2.05, 4.69) is 10.3 Å². The van der Waals surface area contributed by atoms with Crippen LogP contribution in [-0.2, 0) is 6.18 Å². The molecule has 1 heterocycles. The number of nitrogens with zero attached hydrogens (tertiary/aromatic N) is 2. The van der Waals surface area contributed by atoms with E-state index in [0.717, 1.165) is 29.2 Å². The molecule has 0 radical (unpaired) electrons. The topological polar surface area (TPSA) is 28.2 Å². The Labute approximate surface area is 144 Å². The third kappa shape index (κ3) is 3.68. The largest absolute Gasteiger partial charge is 0.416 e. The van der Waals surface area contributed by atoms with Gasteiger partial charge in [-0.15, -0.1) is 0 Å². The summed E-state index contributed by atoms with van der Waals surface area (Å²) < 4.78 is 38.8. The minimum Gasteiger partial charge on any atom is -0.378 e. The zero-order valence-electron chi connectivity index (χ0n) is 14.1. The maximum atomic E-state index is 12.9. The zero-order valence-corrected chi connectivity index (χ0v) is 14.1. The first-order chi connectivity index (χ1) is 11.7. The highest BCUT2D eigenvalue weighted by Crippen LogP contribution is 2.34. The fraction of sp³-hybridized carbons (Fsp3) is 0.211. The molecule has 0 spiro atoms. The summed E-state index contributed by atoms with van der Waals surface area (Å²) in [5.41, 5.74) is 2.93. The molecule has 0 aliphatic heterocycles. The quantitative estimate of drug-likeness (QED) is 0.691. The molecular weight excluding hydrogens is 327 g/mol. The van der Waals surface area contributed by atoms with Gasteiger partial charge in [0.1, 0.15) is 0 Å². The van der Waals surface area contributed by atoms with Crippen molar-refractivity contribution in [3.63, 3.8) is 0 Å². The molecule has 3 rings (SSSR count). The van der Waals surface area contributed by atoms with E-state index in [4.69, 9.17) is 0 Å². The Balaban J connectivity index is 2.01. The fourth-order valence-corrected chi connectivity index (χ4v) is 2.64. The van der Waals surface area contributed by atoms with E-state index in [-0.39, 0.29) is 0 Å². The predicted molar refractivity (Wildman–Crippen MR) is 95.5 cm³/mol. The number of pyridine rings is 1. The number of aryl methyl sites for hydroxylation is 1. The molecule has 1 N–H and O–H groups in total. The summed E-state index contributed by atoms with van der Waals surface area (Å²) in [5.74, 6) is 0. The van der Waals surface area contributed by atoms with Crippen LogP contribution in [0.4, 0.5) is 30.2 Å². The Morgan fingerprint density at radius 2 is 1.64 bits per heavy atom. The Bertz CT molecular complexity index is 900. The van der Waals surface area contributed by atoms with E-state index >= 15 is 0 Å². The standard InChI is InChI=1S/C19H18F3N3/c1-12-10-17(24-14-5-7-15(8-6-14)25(2)3)16-9-4-13(19(20,21)22)11-18(16)23-12/h4-11H,1-3H3,(H,23,24). The van der Waals surface area contributed by atoms with Crippen LogP contribution in [-0.4, -0.2) is 19.1 Å². The predicted octanol–water partition coefficient (Wildman–Crippen LogP) is 5.37. The average Bonchev–Trinajstić information content (AvgIpc) is 2.53. The van der Waals surface area contributed by atoms with Gasteiger partial charge < -0.3 is 10.2 Å². The molecule has 3 nitrogen and oxygen atoms in total. The van der Waals surface area contributed by atoms with Crippen LogP contribution >= 0.6 is 0 Å². The molecule has 0 atom stereocenters. The van der Waals surface area contributed by atoms with Crippen LogP contribution in [0, 0.1) is 6.92 Å². The molecule has 0 aliphatic carbocycles. The van der Waals surface area contributed by atoms with Gasteiger partial charge in [0.05, 0.1) is 11.1 Å². The highest BCUT2D eigenvalue weighted by molar-refractivity contribution is 5.93. The van der Waals surface area contributed by atoms with Gasteiger partial charge in [0.2, 0.25) is 0 Å². The number of hydrogen-bond acceptors (Lipinski definition) is 3. The first-order valence-electron chi connectivity index (χ1n) is 7.77. The number of hydrogen-bond donors (Lipinski definition) is 1. The SMILES string of the molecule is Cc1cc(Nc2ccc(N(C)C)cc2)c2ccc(C(F)(F)F)cc2n1. The molecule has 1 aromatic heterocycles. The van der Waals surface area contributed by atoms with Crippen LogP contribution in [0.1, 0.15) is 11.3 Å². The monoisotopic (exact) mass is 345 g/mol. The first kappa shape index (κ1) is 17.1. The summed E-state index contributed by atoms with van der Waals surface area (Å²) in [4.78, 5) is 6.24. The van der Waals surface area contributed by atoms with Crippen LogP contribution in [0.2, 0.25) is 0 Å². The molecule has 25 heavy (non-hydrogen) atoms. The van der Waals surface area contributed by atoms with Crippen molar-refractivity contribution in [2.24, 2.45) is 0 Å². The van der Waals surface area contributed by atoms with Gasteiger partial charge in [0.25, 0.3) is 0 Å². The lowest BCUT2D eigenvalue weighted by Gasteiger charge is -2.15. The number of aromatic nitrogens is 1. The molecule has 3 aromatic rings. The number of benzene rings is 2. The summed E-state index contributed by atoms with van der Waals surface area (Å²) in [5, 5.41) is 3.92. The first-order valence-corrected chi connectivity index (χ1v) is 7.77. The highest BCUT2D eigenvalue weighted by atomic mass is 19.4. The Hall–Kier alpha value is -2.76. The van der Waals surface area contributed by atoms with Gasteiger partial charge in [-0.1, -0.05) is 6.07 Å². The van der Waals surface area contributed by atoms with Crippen LogP contribution in [0.3, 0.4) is 0 Å². The van der Waals surface area contributed by atoms with E-state index in [9.17, 15) is 13.2 Å². The summed E-state index contributed by atoms with van der Waals surface area (Å²) in [7, 11) is 3.92. The lowest BCUT2D eigenvalue weighted by atomic mass is 10.1. The number of rotatable bonds is 3. The summed E-state index contributed by atoms with van der Waals surface area (Å²) in [6, 6.07) is 13.3. The molecule has 0 saturated heterocycles. The molecule has 6 heteroatoms. The van der Waals surface area contributed by atoms with Crippen LogP contribution in [0.15, 0.2) is 48.5 Å². The van der Waals surface area contributed by atoms with Gasteiger partial charge in [0.15, 0.2) is 0 Å². The second-order valence-electron chi connectivity index (χ2n) is 6.11. The zero-order chi connectivity index (χ0) is 18.2. The Morgan fingerprint density at radius 1 is 0.960 bits per heavy atom.